The van der Waals surface area contributed by atoms with Gasteiger partial charge in [0.25, 0.3) is 0 Å². The van der Waals surface area contributed by atoms with Gasteiger partial charge in [0.1, 0.15) is 11.6 Å². The lowest BCUT2D eigenvalue weighted by atomic mass is 10.1. The number of nitrogens with two attached hydrogens (primary N) is 1. The fourth-order valence-electron chi connectivity index (χ4n) is 0.954. The molecule has 0 aliphatic rings. The number of hydrogen-bond acceptors (Lipinski definition) is 2. The second-order valence-electron chi connectivity index (χ2n) is 2.62. The van der Waals surface area contributed by atoms with Crippen molar-refractivity contribution in [2.45, 2.75) is 6.92 Å². The van der Waals surface area contributed by atoms with Gasteiger partial charge in [0, 0.05) is 16.8 Å². The lowest BCUT2D eigenvalue weighted by molar-refractivity contribution is 0.565. The Morgan fingerprint density at radius 2 is 2.08 bits per heavy atom. The number of halogens is 2. The number of rotatable bonds is 1. The van der Waals surface area contributed by atoms with Crippen molar-refractivity contribution in [1.29, 1.82) is 0 Å². The SMILES string of the molecule is Cc1c(F)ccc(/C(N)=C/S)c1F. The van der Waals surface area contributed by atoms with Crippen molar-refractivity contribution in [3.8, 4) is 0 Å². The minimum Gasteiger partial charge on any atom is -0.398 e. The van der Waals surface area contributed by atoms with Crippen LogP contribution in [0.2, 0.25) is 0 Å². The van der Waals surface area contributed by atoms with Crippen LogP contribution in [0.1, 0.15) is 11.1 Å². The summed E-state index contributed by atoms with van der Waals surface area (Å²) in [6.07, 6.45) is 0. The molecule has 1 aromatic carbocycles. The van der Waals surface area contributed by atoms with Crippen molar-refractivity contribution >= 4 is 18.3 Å². The molecule has 0 aliphatic carbocycles. The summed E-state index contributed by atoms with van der Waals surface area (Å²) >= 11 is 3.79. The van der Waals surface area contributed by atoms with E-state index in [-0.39, 0.29) is 16.8 Å². The van der Waals surface area contributed by atoms with Crippen LogP contribution >= 0.6 is 12.6 Å². The van der Waals surface area contributed by atoms with Crippen molar-refractivity contribution in [3.05, 3.63) is 40.3 Å². The van der Waals surface area contributed by atoms with Crippen LogP contribution in [0.5, 0.6) is 0 Å². The molecule has 4 heteroatoms. The van der Waals surface area contributed by atoms with E-state index >= 15 is 0 Å². The summed E-state index contributed by atoms with van der Waals surface area (Å²) in [7, 11) is 0. The third-order valence-corrected chi connectivity index (χ3v) is 2.05. The third-order valence-electron chi connectivity index (χ3n) is 1.77. The van der Waals surface area contributed by atoms with E-state index in [9.17, 15) is 8.78 Å². The Hall–Kier alpha value is -1.03. The van der Waals surface area contributed by atoms with Crippen LogP contribution in [0, 0.1) is 18.6 Å². The van der Waals surface area contributed by atoms with Gasteiger partial charge in [-0.2, -0.15) is 0 Å². The average Bonchev–Trinajstić information content (AvgIpc) is 2.13. The Morgan fingerprint density at radius 1 is 1.46 bits per heavy atom. The molecule has 0 bridgehead atoms. The molecule has 1 aromatic rings. The zero-order chi connectivity index (χ0) is 10.0. The van der Waals surface area contributed by atoms with Crippen molar-refractivity contribution < 1.29 is 8.78 Å². The second kappa shape index (κ2) is 3.79. The van der Waals surface area contributed by atoms with Gasteiger partial charge >= 0.3 is 0 Å². The molecule has 0 amide bonds. The smallest absolute Gasteiger partial charge is 0.138 e. The Balaban J connectivity index is 3.34. The van der Waals surface area contributed by atoms with Crippen LogP contribution in [0.25, 0.3) is 5.70 Å². The van der Waals surface area contributed by atoms with Gasteiger partial charge < -0.3 is 5.73 Å². The Bertz CT molecular complexity index is 361. The number of benzene rings is 1. The average molecular weight is 201 g/mol. The maximum atomic E-state index is 13.3. The van der Waals surface area contributed by atoms with E-state index < -0.39 is 11.6 Å². The van der Waals surface area contributed by atoms with Gasteiger partial charge in [0.2, 0.25) is 0 Å². The van der Waals surface area contributed by atoms with Gasteiger partial charge in [-0.15, -0.1) is 12.6 Å². The van der Waals surface area contributed by atoms with Crippen LogP contribution in [0.3, 0.4) is 0 Å². The van der Waals surface area contributed by atoms with Crippen LogP contribution in [-0.2, 0) is 0 Å². The highest BCUT2D eigenvalue weighted by Gasteiger charge is 2.10. The van der Waals surface area contributed by atoms with Gasteiger partial charge in [-0.3, -0.25) is 0 Å². The zero-order valence-corrected chi connectivity index (χ0v) is 7.91. The van der Waals surface area contributed by atoms with Crippen LogP contribution < -0.4 is 5.73 Å². The first-order valence-corrected chi connectivity index (χ1v) is 4.14. The van der Waals surface area contributed by atoms with Crippen LogP contribution in [0.15, 0.2) is 17.5 Å². The molecule has 1 rings (SSSR count). The number of thiol groups is 1. The lowest BCUT2D eigenvalue weighted by Gasteiger charge is -2.05. The fourth-order valence-corrected chi connectivity index (χ4v) is 1.09. The maximum Gasteiger partial charge on any atom is 0.138 e. The monoisotopic (exact) mass is 201 g/mol. The summed E-state index contributed by atoms with van der Waals surface area (Å²) in [5.41, 5.74) is 5.76. The van der Waals surface area contributed by atoms with E-state index in [1.54, 1.807) is 0 Å². The molecule has 0 saturated carbocycles. The van der Waals surface area contributed by atoms with E-state index in [1.165, 1.54) is 24.5 Å². The Morgan fingerprint density at radius 3 is 2.62 bits per heavy atom. The van der Waals surface area contributed by atoms with E-state index in [0.717, 1.165) is 0 Å². The maximum absolute atomic E-state index is 13.3. The van der Waals surface area contributed by atoms with Crippen LogP contribution in [0.4, 0.5) is 8.78 Å². The molecular weight excluding hydrogens is 192 g/mol. The van der Waals surface area contributed by atoms with E-state index in [0.29, 0.717) is 0 Å². The number of hydrogen-bond donors (Lipinski definition) is 2. The van der Waals surface area contributed by atoms with Crippen molar-refractivity contribution in [2.24, 2.45) is 5.73 Å². The lowest BCUT2D eigenvalue weighted by Crippen LogP contribution is -2.01. The summed E-state index contributed by atoms with van der Waals surface area (Å²) in [6.45, 7) is 1.36. The van der Waals surface area contributed by atoms with Crippen molar-refractivity contribution in [2.75, 3.05) is 0 Å². The summed E-state index contributed by atoms with van der Waals surface area (Å²) in [5, 5.41) is 1.27. The van der Waals surface area contributed by atoms with Gasteiger partial charge in [0.05, 0.1) is 0 Å². The first kappa shape index (κ1) is 10.1. The van der Waals surface area contributed by atoms with Gasteiger partial charge in [-0.05, 0) is 24.5 Å². The molecule has 0 heterocycles. The molecule has 0 atom stereocenters. The molecule has 70 valence electrons. The van der Waals surface area contributed by atoms with E-state index in [4.69, 9.17) is 5.73 Å². The molecule has 13 heavy (non-hydrogen) atoms. The third kappa shape index (κ3) is 1.83. The molecule has 0 aliphatic heterocycles. The Labute approximate surface area is 80.7 Å². The molecule has 0 aromatic heterocycles. The van der Waals surface area contributed by atoms with E-state index in [2.05, 4.69) is 12.6 Å². The largest absolute Gasteiger partial charge is 0.398 e. The molecule has 1 nitrogen and oxygen atoms in total. The topological polar surface area (TPSA) is 26.0 Å². The standard InChI is InChI=1S/C9H9F2NS/c1-5-7(10)3-2-6(9(5)11)8(12)4-13/h2-4,13H,12H2,1H3/b8-4-. The molecule has 0 unspecified atom stereocenters. The predicted molar refractivity (Wildman–Crippen MR) is 52.2 cm³/mol. The minimum atomic E-state index is -0.636. The highest BCUT2D eigenvalue weighted by Crippen LogP contribution is 2.20. The highest BCUT2D eigenvalue weighted by atomic mass is 32.1. The normalized spacial score (nSPS) is 11.8. The summed E-state index contributed by atoms with van der Waals surface area (Å²) in [4.78, 5) is 0. The van der Waals surface area contributed by atoms with Crippen LogP contribution in [-0.4, -0.2) is 0 Å². The van der Waals surface area contributed by atoms with Gasteiger partial charge in [-0.25, -0.2) is 8.78 Å². The first-order valence-electron chi connectivity index (χ1n) is 3.62. The van der Waals surface area contributed by atoms with Gasteiger partial charge in [-0.1, -0.05) is 0 Å². The predicted octanol–water partition coefficient (Wildman–Crippen LogP) is 2.46. The van der Waals surface area contributed by atoms with Crippen molar-refractivity contribution in [1.82, 2.24) is 0 Å². The first-order chi connectivity index (χ1) is 6.07. The summed E-state index contributed by atoms with van der Waals surface area (Å²) in [5.74, 6) is -1.21. The zero-order valence-electron chi connectivity index (χ0n) is 7.01. The Kier molecular flexibility index (Phi) is 2.93. The quantitative estimate of drug-likeness (QED) is 0.671. The minimum absolute atomic E-state index is 0.0318. The summed E-state index contributed by atoms with van der Waals surface area (Å²) < 4.78 is 26.1. The second-order valence-corrected chi connectivity index (χ2v) is 2.88. The van der Waals surface area contributed by atoms with Gasteiger partial charge in [0.15, 0.2) is 0 Å². The fraction of sp³-hybridized carbons (Fsp3) is 0.111. The van der Waals surface area contributed by atoms with Crippen molar-refractivity contribution in [3.63, 3.8) is 0 Å². The highest BCUT2D eigenvalue weighted by molar-refractivity contribution is 7.83. The van der Waals surface area contributed by atoms with E-state index in [1.807, 2.05) is 0 Å². The summed E-state index contributed by atoms with van der Waals surface area (Å²) in [6, 6.07) is 2.47. The molecule has 0 spiro atoms. The molecular formula is C9H9F2NS. The molecule has 0 fully saturated rings. The molecule has 0 radical (unpaired) electrons. The molecule has 0 saturated heterocycles. The molecule has 2 N–H and O–H groups in total.